The van der Waals surface area contributed by atoms with Crippen molar-refractivity contribution in [2.75, 3.05) is 11.9 Å². The van der Waals surface area contributed by atoms with E-state index in [-0.39, 0.29) is 12.2 Å². The van der Waals surface area contributed by atoms with Crippen LogP contribution in [-0.4, -0.2) is 49.5 Å². The van der Waals surface area contributed by atoms with E-state index in [0.717, 1.165) is 0 Å². The van der Waals surface area contributed by atoms with Crippen LogP contribution in [-0.2, 0) is 11.2 Å². The molecular weight excluding hydrogens is 457 g/mol. The maximum absolute atomic E-state index is 14.5. The normalized spacial score (nSPS) is 18.0. The van der Waals surface area contributed by atoms with Crippen molar-refractivity contribution in [3.63, 3.8) is 0 Å². The molecule has 1 aliphatic heterocycles. The van der Waals surface area contributed by atoms with Gasteiger partial charge in [0.1, 0.15) is 28.6 Å². The van der Waals surface area contributed by atoms with Crippen LogP contribution >= 0.6 is 0 Å². The van der Waals surface area contributed by atoms with Gasteiger partial charge in [-0.05, 0) is 58.9 Å². The number of amides is 1. The number of aromatic carboxylic acids is 1. The Balaban J connectivity index is 1.53. The lowest BCUT2D eigenvalue weighted by Gasteiger charge is -2.27. The van der Waals surface area contributed by atoms with Crippen molar-refractivity contribution in [2.45, 2.75) is 58.3 Å². The number of imidazole rings is 1. The summed E-state index contributed by atoms with van der Waals surface area (Å²) < 4.78 is 27.3. The van der Waals surface area contributed by atoms with E-state index < -0.39 is 35.1 Å². The van der Waals surface area contributed by atoms with Gasteiger partial charge in [-0.1, -0.05) is 0 Å². The highest BCUT2D eigenvalue weighted by atomic mass is 19.1. The van der Waals surface area contributed by atoms with Crippen molar-refractivity contribution in [3.8, 4) is 5.75 Å². The van der Waals surface area contributed by atoms with Crippen LogP contribution in [0.2, 0.25) is 0 Å². The minimum atomic E-state index is -1.15. The second-order valence-corrected chi connectivity index (χ2v) is 9.87. The summed E-state index contributed by atoms with van der Waals surface area (Å²) in [7, 11) is 0. The minimum Gasteiger partial charge on any atom is -0.485 e. The number of rotatable bonds is 6. The molecule has 35 heavy (non-hydrogen) atoms. The molecule has 10 nitrogen and oxygen atoms in total. The Morgan fingerprint density at radius 3 is 2.77 bits per heavy atom. The molecule has 3 aromatic rings. The molecule has 0 radical (unpaired) electrons. The fourth-order valence-electron chi connectivity index (χ4n) is 4.00. The Bertz CT molecular complexity index is 1300. The first kappa shape index (κ1) is 24.2. The highest BCUT2D eigenvalue weighted by Gasteiger charge is 2.38. The third kappa shape index (κ3) is 5.28. The predicted molar refractivity (Wildman–Crippen MR) is 125 cm³/mol. The van der Waals surface area contributed by atoms with Gasteiger partial charge in [0.25, 0.3) is 0 Å². The van der Waals surface area contributed by atoms with Crippen molar-refractivity contribution < 1.29 is 28.6 Å². The molecule has 0 fully saturated rings. The largest absolute Gasteiger partial charge is 0.485 e. The van der Waals surface area contributed by atoms with Crippen LogP contribution in [0, 0.1) is 5.82 Å². The van der Waals surface area contributed by atoms with E-state index in [1.807, 2.05) is 13.8 Å². The number of fused-ring (bicyclic) bond motifs is 2. The van der Waals surface area contributed by atoms with Crippen molar-refractivity contribution in [1.29, 1.82) is 0 Å². The van der Waals surface area contributed by atoms with Crippen LogP contribution in [0.15, 0.2) is 30.5 Å². The monoisotopic (exact) mass is 485 g/mol. The van der Waals surface area contributed by atoms with Gasteiger partial charge in [0, 0.05) is 17.5 Å². The van der Waals surface area contributed by atoms with E-state index in [2.05, 4.69) is 20.7 Å². The van der Waals surface area contributed by atoms with Gasteiger partial charge in [0.05, 0.1) is 18.8 Å². The molecule has 0 spiro atoms. The fraction of sp³-hybridized carbons (Fsp3) is 0.417. The Labute approximate surface area is 201 Å². The number of ether oxygens (including phenoxy) is 2. The predicted octanol–water partition coefficient (Wildman–Crippen LogP) is 3.96. The number of anilines is 1. The van der Waals surface area contributed by atoms with Crippen LogP contribution in [0.5, 0.6) is 5.75 Å². The first-order chi connectivity index (χ1) is 16.3. The van der Waals surface area contributed by atoms with E-state index in [0.29, 0.717) is 34.8 Å². The molecule has 0 unspecified atom stereocenters. The molecule has 2 atom stereocenters. The number of hydrogen-bond acceptors (Lipinski definition) is 7. The average molecular weight is 486 g/mol. The fourth-order valence-corrected chi connectivity index (χ4v) is 4.00. The maximum atomic E-state index is 14.5. The number of carboxylic acid groups (broad SMARTS) is 1. The van der Waals surface area contributed by atoms with Crippen molar-refractivity contribution in [2.24, 2.45) is 0 Å². The zero-order valence-corrected chi connectivity index (χ0v) is 20.2. The van der Waals surface area contributed by atoms with Gasteiger partial charge in [-0.2, -0.15) is 0 Å². The summed E-state index contributed by atoms with van der Waals surface area (Å²) in [5, 5.41) is 19.5. The third-order valence-electron chi connectivity index (χ3n) is 5.49. The molecule has 1 aromatic carbocycles. The summed E-state index contributed by atoms with van der Waals surface area (Å²) in [6.07, 6.45) is 1.08. The van der Waals surface area contributed by atoms with Crippen LogP contribution < -0.4 is 15.4 Å². The zero-order valence-electron chi connectivity index (χ0n) is 20.2. The molecular formula is C24H28FN5O5. The Morgan fingerprint density at radius 2 is 2.09 bits per heavy atom. The highest BCUT2D eigenvalue weighted by molar-refractivity contribution is 5.86. The smallest absolute Gasteiger partial charge is 0.407 e. The molecule has 3 N–H and O–H groups in total. The van der Waals surface area contributed by atoms with Gasteiger partial charge < -0.3 is 25.2 Å². The van der Waals surface area contributed by atoms with Gasteiger partial charge in [0.15, 0.2) is 11.3 Å². The van der Waals surface area contributed by atoms with Gasteiger partial charge >= 0.3 is 12.1 Å². The molecule has 0 bridgehead atoms. The lowest BCUT2D eigenvalue weighted by molar-refractivity contribution is 0.0447. The molecule has 186 valence electrons. The summed E-state index contributed by atoms with van der Waals surface area (Å²) in [5.74, 6) is -0.636. The van der Waals surface area contributed by atoms with Crippen LogP contribution in [0.25, 0.3) is 5.65 Å². The number of halogens is 1. The Morgan fingerprint density at radius 1 is 1.34 bits per heavy atom. The molecule has 0 saturated heterocycles. The third-order valence-corrected chi connectivity index (χ3v) is 5.49. The van der Waals surface area contributed by atoms with E-state index >= 15 is 0 Å². The summed E-state index contributed by atoms with van der Waals surface area (Å²) >= 11 is 0. The zero-order chi connectivity index (χ0) is 25.5. The van der Waals surface area contributed by atoms with Crippen LogP contribution in [0.4, 0.5) is 15.0 Å². The van der Waals surface area contributed by atoms with Crippen molar-refractivity contribution in [3.05, 3.63) is 53.1 Å². The van der Waals surface area contributed by atoms with Crippen molar-refractivity contribution >= 4 is 23.5 Å². The first-order valence-electron chi connectivity index (χ1n) is 11.2. The van der Waals surface area contributed by atoms with Gasteiger partial charge in [0.2, 0.25) is 0 Å². The SMILES string of the molecule is C[C@@H](Nc1ccc2ncc(C(=O)O)n2n1)c1cc(F)cc2c1O[C@@](C)(CNC(=O)OC(C)(C)C)C2. The Kier molecular flexibility index (Phi) is 6.04. The number of nitrogens with one attached hydrogen (secondary N) is 2. The second kappa shape index (κ2) is 8.71. The number of carbonyl (C=O) groups excluding carboxylic acids is 1. The second-order valence-electron chi connectivity index (χ2n) is 9.87. The number of aromatic nitrogens is 3. The van der Waals surface area contributed by atoms with E-state index in [1.54, 1.807) is 32.9 Å². The van der Waals surface area contributed by atoms with Gasteiger partial charge in [-0.15, -0.1) is 5.10 Å². The maximum Gasteiger partial charge on any atom is 0.407 e. The van der Waals surface area contributed by atoms with E-state index in [4.69, 9.17) is 9.47 Å². The van der Waals surface area contributed by atoms with E-state index in [9.17, 15) is 19.1 Å². The molecule has 4 rings (SSSR count). The average Bonchev–Trinajstić information content (AvgIpc) is 3.31. The molecule has 1 amide bonds. The molecule has 0 aliphatic carbocycles. The number of nitrogens with zero attached hydrogens (tertiary/aromatic N) is 3. The molecule has 11 heteroatoms. The van der Waals surface area contributed by atoms with Crippen LogP contribution in [0.1, 0.15) is 62.3 Å². The summed E-state index contributed by atoms with van der Waals surface area (Å²) in [6.45, 7) is 9.18. The molecule has 1 aliphatic rings. The van der Waals surface area contributed by atoms with Crippen LogP contribution in [0.3, 0.4) is 0 Å². The minimum absolute atomic E-state index is 0.0699. The molecule has 0 saturated carbocycles. The number of carbonyl (C=O) groups is 2. The quantitative estimate of drug-likeness (QED) is 0.479. The molecule has 3 heterocycles. The van der Waals surface area contributed by atoms with E-state index in [1.165, 1.54) is 22.8 Å². The standard InChI is InChI=1S/C24H28FN5O5/c1-13(28-18-6-7-19-26-11-17(21(31)32)30(19)29-18)16-9-15(25)8-14-10-24(5,34-20(14)16)12-27-22(33)35-23(2,3)4/h6-9,11,13H,10,12H2,1-5H3,(H,27,33)(H,28,29)(H,31,32)/t13-,24-/m1/s1. The number of alkyl carbamates (subject to hydrolysis) is 1. The number of hydrogen-bond donors (Lipinski definition) is 3. The summed E-state index contributed by atoms with van der Waals surface area (Å²) in [6, 6.07) is 5.70. The Hall–Kier alpha value is -3.89. The summed E-state index contributed by atoms with van der Waals surface area (Å²) in [5.41, 5.74) is 0.177. The van der Waals surface area contributed by atoms with Gasteiger partial charge in [-0.3, -0.25) is 0 Å². The van der Waals surface area contributed by atoms with Crippen molar-refractivity contribution in [1.82, 2.24) is 19.9 Å². The lowest BCUT2D eigenvalue weighted by atomic mass is 9.97. The topological polar surface area (TPSA) is 127 Å². The number of carboxylic acids is 1. The number of benzene rings is 1. The lowest BCUT2D eigenvalue weighted by Crippen LogP contribution is -2.45. The first-order valence-corrected chi connectivity index (χ1v) is 11.2. The highest BCUT2D eigenvalue weighted by Crippen LogP contribution is 2.41. The molecule has 2 aromatic heterocycles. The van der Waals surface area contributed by atoms with Gasteiger partial charge in [-0.25, -0.2) is 23.5 Å². The summed E-state index contributed by atoms with van der Waals surface area (Å²) in [4.78, 5) is 27.5.